The summed E-state index contributed by atoms with van der Waals surface area (Å²) in [5, 5.41) is 8.97. The van der Waals surface area contributed by atoms with Crippen molar-refractivity contribution in [3.63, 3.8) is 0 Å². The molecule has 3 rings (SSSR count). The van der Waals surface area contributed by atoms with Gasteiger partial charge in [-0.15, -0.1) is 0 Å². The lowest BCUT2D eigenvalue weighted by Crippen LogP contribution is -2.35. The molecule has 0 aromatic carbocycles. The summed E-state index contributed by atoms with van der Waals surface area (Å²) in [6, 6.07) is 0. The normalized spacial score (nSPS) is 38.6. The summed E-state index contributed by atoms with van der Waals surface area (Å²) in [6.45, 7) is 6.55. The van der Waals surface area contributed by atoms with Crippen LogP contribution in [-0.4, -0.2) is 23.8 Å². The fourth-order valence-corrected chi connectivity index (χ4v) is 4.43. The minimum absolute atomic E-state index is 0.0677. The van der Waals surface area contributed by atoms with Crippen molar-refractivity contribution in [1.29, 1.82) is 0 Å². The number of rotatable bonds is 4. The van der Waals surface area contributed by atoms with Gasteiger partial charge < -0.3 is 9.84 Å². The van der Waals surface area contributed by atoms with Gasteiger partial charge in [0, 0.05) is 18.1 Å². The van der Waals surface area contributed by atoms with Crippen molar-refractivity contribution >= 4 is 5.97 Å². The maximum absolute atomic E-state index is 11.7. The van der Waals surface area contributed by atoms with E-state index in [-0.39, 0.29) is 24.6 Å². The Morgan fingerprint density at radius 1 is 1.33 bits per heavy atom. The van der Waals surface area contributed by atoms with Gasteiger partial charge in [0.05, 0.1) is 0 Å². The average molecular weight is 290 g/mol. The molecule has 5 unspecified atom stereocenters. The van der Waals surface area contributed by atoms with Gasteiger partial charge in [-0.05, 0) is 55.9 Å². The minimum atomic E-state index is -0.204. The van der Waals surface area contributed by atoms with Gasteiger partial charge in [0.25, 0.3) is 0 Å². The first-order valence-electron chi connectivity index (χ1n) is 8.34. The number of hydrogen-bond acceptors (Lipinski definition) is 3. The van der Waals surface area contributed by atoms with Gasteiger partial charge in [-0.1, -0.05) is 25.5 Å². The van der Waals surface area contributed by atoms with E-state index < -0.39 is 0 Å². The number of ether oxygens (including phenoxy) is 1. The van der Waals surface area contributed by atoms with Crippen LogP contribution in [0.5, 0.6) is 0 Å². The zero-order chi connectivity index (χ0) is 15.0. The number of carbonyl (C=O) groups is 1. The van der Waals surface area contributed by atoms with Crippen LogP contribution in [-0.2, 0) is 9.53 Å². The van der Waals surface area contributed by atoms with Crippen LogP contribution in [0.1, 0.15) is 45.4 Å². The zero-order valence-corrected chi connectivity index (χ0v) is 12.9. The van der Waals surface area contributed by atoms with E-state index in [0.717, 1.165) is 25.7 Å². The predicted molar refractivity (Wildman–Crippen MR) is 81.5 cm³/mol. The highest BCUT2D eigenvalue weighted by atomic mass is 16.5. The van der Waals surface area contributed by atoms with Crippen molar-refractivity contribution in [2.24, 2.45) is 23.7 Å². The summed E-state index contributed by atoms with van der Waals surface area (Å²) in [5.74, 6) is 1.89. The largest absolute Gasteiger partial charge is 0.454 e. The Balaban J connectivity index is 1.79. The summed E-state index contributed by atoms with van der Waals surface area (Å²) in [6.07, 6.45) is 8.84. The Kier molecular flexibility index (Phi) is 4.21. The molecule has 0 bridgehead atoms. The maximum atomic E-state index is 11.7. The quantitative estimate of drug-likeness (QED) is 0.374. The van der Waals surface area contributed by atoms with E-state index >= 15 is 0 Å². The Bertz CT molecular complexity index is 465. The molecule has 1 saturated carbocycles. The number of allylic oxidation sites excluding steroid dienone is 1. The van der Waals surface area contributed by atoms with Crippen LogP contribution in [0.3, 0.4) is 0 Å². The highest BCUT2D eigenvalue weighted by Gasteiger charge is 2.46. The number of aliphatic hydroxyl groups excluding tert-OH is 1. The van der Waals surface area contributed by atoms with E-state index in [1.165, 1.54) is 18.4 Å². The van der Waals surface area contributed by atoms with E-state index in [9.17, 15) is 4.79 Å². The lowest BCUT2D eigenvalue weighted by Gasteiger charge is -2.42. The molecule has 3 aliphatic rings. The fourth-order valence-electron chi connectivity index (χ4n) is 4.43. The van der Waals surface area contributed by atoms with Crippen LogP contribution in [0.25, 0.3) is 0 Å². The molecule has 0 spiro atoms. The molecule has 2 aliphatic carbocycles. The third kappa shape index (κ3) is 2.68. The molecule has 21 heavy (non-hydrogen) atoms. The van der Waals surface area contributed by atoms with Gasteiger partial charge in [0.2, 0.25) is 0 Å². The van der Waals surface area contributed by atoms with Crippen molar-refractivity contribution < 1.29 is 14.6 Å². The third-order valence-corrected chi connectivity index (χ3v) is 5.73. The van der Waals surface area contributed by atoms with Crippen molar-refractivity contribution in [2.45, 2.75) is 51.6 Å². The highest BCUT2D eigenvalue weighted by Crippen LogP contribution is 2.50. The van der Waals surface area contributed by atoms with Crippen LogP contribution in [0.4, 0.5) is 0 Å². The van der Waals surface area contributed by atoms with Gasteiger partial charge in [-0.2, -0.15) is 0 Å². The summed E-state index contributed by atoms with van der Waals surface area (Å²) >= 11 is 0. The molecule has 0 aromatic heterocycles. The topological polar surface area (TPSA) is 46.5 Å². The smallest absolute Gasteiger partial charge is 0.334 e. The van der Waals surface area contributed by atoms with Crippen LogP contribution >= 0.6 is 0 Å². The molecule has 1 saturated heterocycles. The molecule has 0 amide bonds. The van der Waals surface area contributed by atoms with E-state index in [2.05, 4.69) is 19.6 Å². The number of esters is 1. The molecular weight excluding hydrogens is 264 g/mol. The lowest BCUT2D eigenvalue weighted by molar-refractivity contribution is -0.137. The first kappa shape index (κ1) is 14.8. The second kappa shape index (κ2) is 5.96. The number of unbranched alkanes of at least 4 members (excludes halogenated alkanes) is 1. The van der Waals surface area contributed by atoms with E-state index in [4.69, 9.17) is 9.84 Å². The van der Waals surface area contributed by atoms with Crippen molar-refractivity contribution in [1.82, 2.24) is 0 Å². The first-order chi connectivity index (χ1) is 10.1. The minimum Gasteiger partial charge on any atom is -0.454 e. The summed E-state index contributed by atoms with van der Waals surface area (Å²) in [5.41, 5.74) is 2.19. The molecule has 116 valence electrons. The summed E-state index contributed by atoms with van der Waals surface area (Å²) < 4.78 is 5.48. The Labute approximate surface area is 127 Å². The van der Waals surface area contributed by atoms with Crippen LogP contribution in [0, 0.1) is 23.7 Å². The second-order valence-electron chi connectivity index (χ2n) is 6.98. The van der Waals surface area contributed by atoms with Crippen molar-refractivity contribution in [2.75, 3.05) is 6.61 Å². The Hall–Kier alpha value is -1.09. The van der Waals surface area contributed by atoms with E-state index in [0.29, 0.717) is 23.3 Å². The highest BCUT2D eigenvalue weighted by molar-refractivity contribution is 5.91. The monoisotopic (exact) mass is 290 g/mol. The molecular formula is C18H26O3. The van der Waals surface area contributed by atoms with Crippen molar-refractivity contribution in [3.8, 4) is 0 Å². The molecule has 3 nitrogen and oxygen atoms in total. The Morgan fingerprint density at radius 3 is 2.90 bits per heavy atom. The molecule has 2 fully saturated rings. The van der Waals surface area contributed by atoms with Gasteiger partial charge in [0.1, 0.15) is 6.10 Å². The predicted octanol–water partition coefficient (Wildman–Crippen LogP) is 3.24. The maximum Gasteiger partial charge on any atom is 0.334 e. The number of fused-ring (bicyclic) bond motifs is 2. The van der Waals surface area contributed by atoms with Crippen LogP contribution < -0.4 is 0 Å². The second-order valence-corrected chi connectivity index (χ2v) is 6.98. The molecule has 5 atom stereocenters. The van der Waals surface area contributed by atoms with Crippen LogP contribution in [0.2, 0.25) is 0 Å². The molecule has 1 heterocycles. The van der Waals surface area contributed by atoms with Crippen LogP contribution in [0.15, 0.2) is 23.8 Å². The average Bonchev–Trinajstić information content (AvgIpc) is 2.75. The van der Waals surface area contributed by atoms with Gasteiger partial charge in [-0.3, -0.25) is 0 Å². The summed E-state index contributed by atoms with van der Waals surface area (Å²) in [4.78, 5) is 11.7. The number of carbonyl (C=O) groups excluding carboxylic acids is 1. The van der Waals surface area contributed by atoms with Gasteiger partial charge in [-0.25, -0.2) is 4.79 Å². The molecule has 0 aromatic rings. The first-order valence-corrected chi connectivity index (χ1v) is 8.34. The summed E-state index contributed by atoms with van der Waals surface area (Å²) in [7, 11) is 0. The van der Waals surface area contributed by atoms with E-state index in [1.807, 2.05) is 0 Å². The zero-order valence-electron chi connectivity index (χ0n) is 12.9. The lowest BCUT2D eigenvalue weighted by atomic mass is 9.63. The molecule has 1 N–H and O–H groups in total. The number of hydrogen-bond donors (Lipinski definition) is 1. The Morgan fingerprint density at radius 2 is 2.14 bits per heavy atom. The molecule has 3 heteroatoms. The van der Waals surface area contributed by atoms with Gasteiger partial charge in [0.15, 0.2) is 0 Å². The fraction of sp³-hybridized carbons (Fsp3) is 0.722. The number of aliphatic hydroxyl groups is 1. The standard InChI is InChI=1S/C18H26O3/c1-11-6-7-13(5-3-4-8-19)16-10-17-15(9-14(11)16)12(2)18(20)21-17/h10-11,13-15,17,19H,2-9H2,1H3. The third-order valence-electron chi connectivity index (χ3n) is 5.73. The molecule has 1 aliphatic heterocycles. The van der Waals surface area contributed by atoms with E-state index in [1.54, 1.807) is 0 Å². The van der Waals surface area contributed by atoms with Crippen molar-refractivity contribution in [3.05, 3.63) is 23.8 Å². The van der Waals surface area contributed by atoms with Gasteiger partial charge >= 0.3 is 5.97 Å². The molecule has 0 radical (unpaired) electrons. The SMILES string of the molecule is C=C1C(=O)OC2C=C3C(CCCCO)CCC(C)C3CC12.